The highest BCUT2D eigenvalue weighted by Gasteiger charge is 2.01. The van der Waals surface area contributed by atoms with Gasteiger partial charge in [-0.15, -0.1) is 21.5 Å². The van der Waals surface area contributed by atoms with Crippen molar-refractivity contribution in [2.24, 2.45) is 0 Å². The Labute approximate surface area is 104 Å². The van der Waals surface area contributed by atoms with E-state index in [0.717, 1.165) is 10.6 Å². The fourth-order valence-electron chi connectivity index (χ4n) is 1.35. The first-order valence-corrected chi connectivity index (χ1v) is 6.24. The maximum Gasteiger partial charge on any atom is 0.148 e. The Morgan fingerprint density at radius 3 is 2.82 bits per heavy atom. The van der Waals surface area contributed by atoms with Crippen molar-refractivity contribution < 1.29 is 4.79 Å². The van der Waals surface area contributed by atoms with Gasteiger partial charge < -0.3 is 5.32 Å². The predicted molar refractivity (Wildman–Crippen MR) is 69.1 cm³/mol. The van der Waals surface area contributed by atoms with Crippen molar-refractivity contribution in [3.63, 3.8) is 0 Å². The lowest BCUT2D eigenvalue weighted by Crippen LogP contribution is -2.07. The molecule has 5 heteroatoms. The van der Waals surface area contributed by atoms with Crippen LogP contribution < -0.4 is 5.32 Å². The summed E-state index contributed by atoms with van der Waals surface area (Å²) >= 11 is 1.64. The SMILES string of the molecule is CC(=O)CCNc1ccc(-c2cccs2)nn1. The molecule has 0 bridgehead atoms. The number of aromatic nitrogens is 2. The molecule has 0 radical (unpaired) electrons. The second-order valence-corrected chi connectivity index (χ2v) is 4.61. The number of rotatable bonds is 5. The molecule has 0 aliphatic rings. The van der Waals surface area contributed by atoms with Crippen molar-refractivity contribution in [2.75, 3.05) is 11.9 Å². The van der Waals surface area contributed by atoms with Crippen LogP contribution in [0.5, 0.6) is 0 Å². The molecular formula is C12H13N3OS. The van der Waals surface area contributed by atoms with Gasteiger partial charge in [0.05, 0.1) is 4.88 Å². The lowest BCUT2D eigenvalue weighted by molar-refractivity contribution is -0.116. The molecule has 0 atom stereocenters. The van der Waals surface area contributed by atoms with E-state index in [1.54, 1.807) is 18.3 Å². The molecule has 0 spiro atoms. The lowest BCUT2D eigenvalue weighted by atomic mass is 10.3. The summed E-state index contributed by atoms with van der Waals surface area (Å²) in [6, 6.07) is 7.80. The number of Topliss-reactive ketones (excluding diaryl/α,β-unsaturated/α-hetero) is 1. The van der Waals surface area contributed by atoms with Crippen molar-refractivity contribution in [3.05, 3.63) is 29.6 Å². The maximum atomic E-state index is 10.8. The second-order valence-electron chi connectivity index (χ2n) is 3.66. The standard InChI is InChI=1S/C12H13N3OS/c1-9(16)6-7-13-12-5-4-10(14-15-12)11-3-2-8-17-11/h2-5,8H,6-7H2,1H3,(H,13,15). The van der Waals surface area contributed by atoms with Gasteiger partial charge in [0, 0.05) is 13.0 Å². The minimum Gasteiger partial charge on any atom is -0.368 e. The molecule has 0 unspecified atom stereocenters. The van der Waals surface area contributed by atoms with Crippen molar-refractivity contribution >= 4 is 22.9 Å². The summed E-state index contributed by atoms with van der Waals surface area (Å²) < 4.78 is 0. The van der Waals surface area contributed by atoms with Gasteiger partial charge in [-0.3, -0.25) is 4.79 Å². The van der Waals surface area contributed by atoms with Gasteiger partial charge in [0.15, 0.2) is 0 Å². The van der Waals surface area contributed by atoms with Crippen LogP contribution in [0.25, 0.3) is 10.6 Å². The Morgan fingerprint density at radius 2 is 2.24 bits per heavy atom. The summed E-state index contributed by atoms with van der Waals surface area (Å²) in [5, 5.41) is 13.3. The van der Waals surface area contributed by atoms with Crippen LogP contribution in [-0.2, 0) is 4.79 Å². The van der Waals surface area contributed by atoms with Gasteiger partial charge in [-0.05, 0) is 30.5 Å². The van der Waals surface area contributed by atoms with Gasteiger partial charge in [0.1, 0.15) is 17.3 Å². The molecule has 4 nitrogen and oxygen atoms in total. The first-order chi connectivity index (χ1) is 8.25. The first kappa shape index (κ1) is 11.7. The molecule has 88 valence electrons. The molecule has 0 amide bonds. The van der Waals surface area contributed by atoms with E-state index in [9.17, 15) is 4.79 Å². The van der Waals surface area contributed by atoms with E-state index < -0.39 is 0 Å². The minimum atomic E-state index is 0.167. The predicted octanol–water partition coefficient (Wildman–Crippen LogP) is 2.60. The lowest BCUT2D eigenvalue weighted by Gasteiger charge is -2.03. The van der Waals surface area contributed by atoms with Gasteiger partial charge in [-0.25, -0.2) is 0 Å². The topological polar surface area (TPSA) is 54.9 Å². The van der Waals surface area contributed by atoms with Crippen molar-refractivity contribution in [1.82, 2.24) is 10.2 Å². The highest BCUT2D eigenvalue weighted by molar-refractivity contribution is 7.13. The van der Waals surface area contributed by atoms with Crippen LogP contribution in [0.3, 0.4) is 0 Å². The normalized spacial score (nSPS) is 10.2. The molecule has 2 heterocycles. The quantitative estimate of drug-likeness (QED) is 0.882. The van der Waals surface area contributed by atoms with E-state index in [-0.39, 0.29) is 5.78 Å². The van der Waals surface area contributed by atoms with Gasteiger partial charge in [0.25, 0.3) is 0 Å². The molecule has 2 aromatic rings. The zero-order chi connectivity index (χ0) is 12.1. The van der Waals surface area contributed by atoms with Crippen molar-refractivity contribution in [3.8, 4) is 10.6 Å². The van der Waals surface area contributed by atoms with Crippen LogP contribution in [0.1, 0.15) is 13.3 Å². The number of carbonyl (C=O) groups excluding carboxylic acids is 1. The van der Waals surface area contributed by atoms with Crippen LogP contribution in [-0.4, -0.2) is 22.5 Å². The smallest absolute Gasteiger partial charge is 0.148 e. The van der Waals surface area contributed by atoms with E-state index in [4.69, 9.17) is 0 Å². The van der Waals surface area contributed by atoms with E-state index in [0.29, 0.717) is 18.8 Å². The second kappa shape index (κ2) is 5.54. The molecular weight excluding hydrogens is 234 g/mol. The molecule has 0 aromatic carbocycles. The highest BCUT2D eigenvalue weighted by atomic mass is 32.1. The van der Waals surface area contributed by atoms with Gasteiger partial charge in [-0.2, -0.15) is 0 Å². The number of hydrogen-bond donors (Lipinski definition) is 1. The Balaban J connectivity index is 1.96. The average molecular weight is 247 g/mol. The minimum absolute atomic E-state index is 0.167. The highest BCUT2D eigenvalue weighted by Crippen LogP contribution is 2.22. The fraction of sp³-hybridized carbons (Fsp3) is 0.250. The number of carbonyl (C=O) groups is 1. The van der Waals surface area contributed by atoms with Gasteiger partial charge in [0.2, 0.25) is 0 Å². The van der Waals surface area contributed by atoms with Crippen LogP contribution in [0.2, 0.25) is 0 Å². The van der Waals surface area contributed by atoms with E-state index in [1.165, 1.54) is 0 Å². The number of thiophene rings is 1. The number of nitrogens with one attached hydrogen (secondary N) is 1. The van der Waals surface area contributed by atoms with Crippen LogP contribution >= 0.6 is 11.3 Å². The number of hydrogen-bond acceptors (Lipinski definition) is 5. The third-order valence-corrected chi connectivity index (χ3v) is 3.11. The van der Waals surface area contributed by atoms with E-state index in [2.05, 4.69) is 15.5 Å². The number of nitrogens with zero attached hydrogens (tertiary/aromatic N) is 2. The molecule has 1 N–H and O–H groups in total. The zero-order valence-electron chi connectivity index (χ0n) is 9.51. The van der Waals surface area contributed by atoms with Gasteiger partial charge in [-0.1, -0.05) is 6.07 Å². The van der Waals surface area contributed by atoms with Gasteiger partial charge >= 0.3 is 0 Å². The number of ketones is 1. The molecule has 0 saturated carbocycles. The summed E-state index contributed by atoms with van der Waals surface area (Å²) in [6.07, 6.45) is 0.508. The zero-order valence-corrected chi connectivity index (χ0v) is 10.3. The van der Waals surface area contributed by atoms with E-state index >= 15 is 0 Å². The summed E-state index contributed by atoms with van der Waals surface area (Å²) in [5.41, 5.74) is 0.872. The van der Waals surface area contributed by atoms with Crippen LogP contribution in [0.15, 0.2) is 29.6 Å². The Hall–Kier alpha value is -1.75. The molecule has 2 aromatic heterocycles. The van der Waals surface area contributed by atoms with Crippen molar-refractivity contribution in [1.29, 1.82) is 0 Å². The number of anilines is 1. The maximum absolute atomic E-state index is 10.8. The Bertz CT molecular complexity index is 479. The Kier molecular flexibility index (Phi) is 3.82. The molecule has 17 heavy (non-hydrogen) atoms. The third-order valence-electron chi connectivity index (χ3n) is 2.22. The first-order valence-electron chi connectivity index (χ1n) is 5.36. The van der Waals surface area contributed by atoms with E-state index in [1.807, 2.05) is 29.6 Å². The average Bonchev–Trinajstić information content (AvgIpc) is 2.83. The van der Waals surface area contributed by atoms with Crippen LogP contribution in [0, 0.1) is 0 Å². The molecule has 0 fully saturated rings. The monoisotopic (exact) mass is 247 g/mol. The van der Waals surface area contributed by atoms with Crippen molar-refractivity contribution in [2.45, 2.75) is 13.3 Å². The summed E-state index contributed by atoms with van der Waals surface area (Å²) in [6.45, 7) is 2.18. The van der Waals surface area contributed by atoms with Crippen LogP contribution in [0.4, 0.5) is 5.82 Å². The summed E-state index contributed by atoms with van der Waals surface area (Å²) in [5.74, 6) is 0.868. The summed E-state index contributed by atoms with van der Waals surface area (Å²) in [4.78, 5) is 11.9. The third kappa shape index (κ3) is 3.35. The molecule has 0 saturated heterocycles. The summed E-state index contributed by atoms with van der Waals surface area (Å²) in [7, 11) is 0. The largest absolute Gasteiger partial charge is 0.368 e. The fourth-order valence-corrected chi connectivity index (χ4v) is 2.04. The molecule has 0 aliphatic heterocycles. The Morgan fingerprint density at radius 1 is 1.35 bits per heavy atom. The molecule has 0 aliphatic carbocycles. The molecule has 2 rings (SSSR count).